The Hall–Kier alpha value is -1.39. The Morgan fingerprint density at radius 3 is 2.24 bits per heavy atom. The van der Waals surface area contributed by atoms with Crippen LogP contribution in [0.2, 0.25) is 0 Å². The summed E-state index contributed by atoms with van der Waals surface area (Å²) >= 11 is 0. The van der Waals surface area contributed by atoms with Gasteiger partial charge in [-0.05, 0) is 51.3 Å². The molecule has 1 rings (SSSR count). The molecule has 0 N–H and O–H groups in total. The standard InChI is InChI=1S/C20H27P/c1-7-8-17(5)19(15(2)3)20(6,21)14-13-18-11-9-16(4)10-12-18/h7-14H,2,21H2,1,3-6H3/b8-7-,14-13?,19-17-. The van der Waals surface area contributed by atoms with E-state index < -0.39 is 0 Å². The Morgan fingerprint density at radius 1 is 1.19 bits per heavy atom. The molecule has 0 bridgehead atoms. The van der Waals surface area contributed by atoms with E-state index in [1.807, 2.05) is 6.92 Å². The molecule has 0 nitrogen and oxygen atoms in total. The van der Waals surface area contributed by atoms with E-state index in [9.17, 15) is 0 Å². The zero-order chi connectivity index (χ0) is 16.0. The second kappa shape index (κ2) is 7.57. The van der Waals surface area contributed by atoms with E-state index in [0.717, 1.165) is 5.57 Å². The van der Waals surface area contributed by atoms with E-state index in [4.69, 9.17) is 0 Å². The second-order valence-corrected chi connectivity index (χ2v) is 7.06. The maximum absolute atomic E-state index is 4.15. The lowest BCUT2D eigenvalue weighted by molar-refractivity contribution is 0.926. The smallest absolute Gasteiger partial charge is 0.0255 e. The normalized spacial score (nSPS) is 16.1. The van der Waals surface area contributed by atoms with Gasteiger partial charge in [-0.2, -0.15) is 0 Å². The third-order valence-corrected chi connectivity index (χ3v) is 3.96. The Bertz CT molecular complexity index is 581. The lowest BCUT2D eigenvalue weighted by atomic mass is 9.89. The monoisotopic (exact) mass is 298 g/mol. The van der Waals surface area contributed by atoms with Gasteiger partial charge in [0, 0.05) is 5.16 Å². The molecule has 0 aliphatic heterocycles. The third kappa shape index (κ3) is 5.14. The van der Waals surface area contributed by atoms with Crippen LogP contribution in [0.1, 0.15) is 38.8 Å². The molecule has 1 heteroatoms. The first-order valence-corrected chi connectivity index (χ1v) is 7.90. The van der Waals surface area contributed by atoms with Crippen LogP contribution in [-0.4, -0.2) is 5.16 Å². The first kappa shape index (κ1) is 17.7. The highest BCUT2D eigenvalue weighted by Crippen LogP contribution is 2.36. The highest BCUT2D eigenvalue weighted by atomic mass is 31.0. The number of hydrogen-bond acceptors (Lipinski definition) is 0. The van der Waals surface area contributed by atoms with Crippen LogP contribution in [0, 0.1) is 6.92 Å². The molecule has 0 amide bonds. The van der Waals surface area contributed by atoms with E-state index >= 15 is 0 Å². The van der Waals surface area contributed by atoms with Crippen molar-refractivity contribution in [1.82, 2.24) is 0 Å². The number of allylic oxidation sites excluding steroid dienone is 6. The molecule has 2 unspecified atom stereocenters. The quantitative estimate of drug-likeness (QED) is 0.454. The van der Waals surface area contributed by atoms with E-state index in [1.54, 1.807) is 0 Å². The van der Waals surface area contributed by atoms with Crippen LogP contribution in [0.25, 0.3) is 6.08 Å². The SMILES string of the molecule is C=C(C)/C(=C(C)/C=C\C)C(C)(P)C=Cc1ccc(C)cc1. The van der Waals surface area contributed by atoms with Crippen molar-refractivity contribution in [2.45, 2.75) is 39.8 Å². The van der Waals surface area contributed by atoms with Gasteiger partial charge in [0.25, 0.3) is 0 Å². The Morgan fingerprint density at radius 2 is 1.76 bits per heavy atom. The molecule has 0 fully saturated rings. The topological polar surface area (TPSA) is 0 Å². The lowest BCUT2D eigenvalue weighted by Crippen LogP contribution is -2.17. The minimum Gasteiger partial charge on any atom is -0.123 e. The summed E-state index contributed by atoms with van der Waals surface area (Å²) in [5.41, 5.74) is 6.15. The van der Waals surface area contributed by atoms with Gasteiger partial charge in [0.15, 0.2) is 0 Å². The van der Waals surface area contributed by atoms with Gasteiger partial charge in [0.05, 0.1) is 0 Å². The summed E-state index contributed by atoms with van der Waals surface area (Å²) in [5.74, 6) is 0. The number of rotatable bonds is 5. The number of aryl methyl sites for hydroxylation is 1. The Labute approximate surface area is 132 Å². The Balaban J connectivity index is 3.15. The van der Waals surface area contributed by atoms with E-state index in [-0.39, 0.29) is 5.16 Å². The van der Waals surface area contributed by atoms with Crippen LogP contribution in [0.4, 0.5) is 0 Å². The van der Waals surface area contributed by atoms with Gasteiger partial charge >= 0.3 is 0 Å². The molecule has 0 saturated carbocycles. The zero-order valence-corrected chi connectivity index (χ0v) is 15.1. The second-order valence-electron chi connectivity index (χ2n) is 5.87. The fourth-order valence-electron chi connectivity index (χ4n) is 2.58. The Kier molecular flexibility index (Phi) is 6.37. The summed E-state index contributed by atoms with van der Waals surface area (Å²) in [6.07, 6.45) is 8.63. The summed E-state index contributed by atoms with van der Waals surface area (Å²) in [5, 5.41) is -0.125. The molecule has 0 heterocycles. The summed E-state index contributed by atoms with van der Waals surface area (Å²) < 4.78 is 0. The van der Waals surface area contributed by atoms with Crippen molar-refractivity contribution in [3.05, 3.63) is 76.9 Å². The predicted molar refractivity (Wildman–Crippen MR) is 101 cm³/mol. The van der Waals surface area contributed by atoms with Crippen molar-refractivity contribution in [1.29, 1.82) is 0 Å². The van der Waals surface area contributed by atoms with Crippen molar-refractivity contribution >= 4 is 15.3 Å². The summed E-state index contributed by atoms with van der Waals surface area (Å²) in [7, 11) is 2.96. The molecule has 0 spiro atoms. The first-order chi connectivity index (χ1) is 9.77. The van der Waals surface area contributed by atoms with Crippen LogP contribution < -0.4 is 0 Å². The molecule has 0 aromatic heterocycles. The zero-order valence-electron chi connectivity index (χ0n) is 13.9. The van der Waals surface area contributed by atoms with Crippen LogP contribution in [0.3, 0.4) is 0 Å². The van der Waals surface area contributed by atoms with Crippen molar-refractivity contribution in [2.24, 2.45) is 0 Å². The summed E-state index contributed by atoms with van der Waals surface area (Å²) in [4.78, 5) is 0. The molecule has 1 aromatic rings. The molecule has 0 aliphatic carbocycles. The summed E-state index contributed by atoms with van der Waals surface area (Å²) in [6, 6.07) is 8.58. The maximum atomic E-state index is 4.15. The van der Waals surface area contributed by atoms with Crippen molar-refractivity contribution in [3.8, 4) is 0 Å². The molecule has 0 saturated heterocycles. The third-order valence-electron chi connectivity index (χ3n) is 3.48. The minimum absolute atomic E-state index is 0.125. The average Bonchev–Trinajstić information content (AvgIpc) is 2.37. The largest absolute Gasteiger partial charge is 0.123 e. The van der Waals surface area contributed by atoms with Gasteiger partial charge in [-0.15, -0.1) is 9.24 Å². The molecule has 2 atom stereocenters. The van der Waals surface area contributed by atoms with Crippen LogP contribution in [0.5, 0.6) is 0 Å². The fraction of sp³-hybridized carbons (Fsp3) is 0.300. The first-order valence-electron chi connectivity index (χ1n) is 7.32. The fourth-order valence-corrected chi connectivity index (χ4v) is 3.16. The molecule has 0 aliphatic rings. The molecular formula is C20H27P. The van der Waals surface area contributed by atoms with Gasteiger partial charge in [0.2, 0.25) is 0 Å². The van der Waals surface area contributed by atoms with Gasteiger partial charge < -0.3 is 0 Å². The van der Waals surface area contributed by atoms with Gasteiger partial charge in [-0.1, -0.05) is 66.3 Å². The van der Waals surface area contributed by atoms with Crippen LogP contribution in [0.15, 0.2) is 65.8 Å². The van der Waals surface area contributed by atoms with E-state index in [1.165, 1.54) is 22.3 Å². The van der Waals surface area contributed by atoms with E-state index in [0.29, 0.717) is 0 Å². The van der Waals surface area contributed by atoms with Crippen molar-refractivity contribution < 1.29 is 0 Å². The molecule has 1 aromatic carbocycles. The predicted octanol–water partition coefficient (Wildman–Crippen LogP) is 6.11. The highest BCUT2D eigenvalue weighted by Gasteiger charge is 2.22. The lowest BCUT2D eigenvalue weighted by Gasteiger charge is -2.27. The van der Waals surface area contributed by atoms with Crippen molar-refractivity contribution in [3.63, 3.8) is 0 Å². The van der Waals surface area contributed by atoms with Gasteiger partial charge in [0.1, 0.15) is 0 Å². The van der Waals surface area contributed by atoms with Crippen LogP contribution >= 0.6 is 9.24 Å². The molecular weight excluding hydrogens is 271 g/mol. The molecule has 112 valence electrons. The maximum Gasteiger partial charge on any atom is 0.0255 e. The van der Waals surface area contributed by atoms with Crippen LogP contribution in [-0.2, 0) is 0 Å². The van der Waals surface area contributed by atoms with Gasteiger partial charge in [-0.25, -0.2) is 0 Å². The van der Waals surface area contributed by atoms with Gasteiger partial charge in [-0.3, -0.25) is 0 Å². The summed E-state index contributed by atoms with van der Waals surface area (Å²) in [6.45, 7) is 14.7. The minimum atomic E-state index is -0.125. The average molecular weight is 298 g/mol. The number of benzene rings is 1. The van der Waals surface area contributed by atoms with Crippen molar-refractivity contribution in [2.75, 3.05) is 0 Å². The number of hydrogen-bond donors (Lipinski definition) is 0. The molecule has 0 radical (unpaired) electrons. The van der Waals surface area contributed by atoms with E-state index in [2.05, 4.69) is 92.1 Å². The highest BCUT2D eigenvalue weighted by molar-refractivity contribution is 7.19. The molecule has 21 heavy (non-hydrogen) atoms.